The van der Waals surface area contributed by atoms with E-state index in [2.05, 4.69) is 4.72 Å². The quantitative estimate of drug-likeness (QED) is 0.832. The average Bonchev–Trinajstić information content (AvgIpc) is 2.21. The lowest BCUT2D eigenvalue weighted by Gasteiger charge is -2.09. The van der Waals surface area contributed by atoms with Crippen LogP contribution >= 0.6 is 11.6 Å². The third-order valence-electron chi connectivity index (χ3n) is 2.15. The largest absolute Gasteiger partial charge is 0.298 e. The summed E-state index contributed by atoms with van der Waals surface area (Å²) in [7, 11) is -3.31. The fourth-order valence-corrected chi connectivity index (χ4v) is 2.08. The molecular formula is C11H14ClNO3S. The van der Waals surface area contributed by atoms with Crippen LogP contribution in [0.5, 0.6) is 0 Å². The van der Waals surface area contributed by atoms with Crippen LogP contribution in [0.25, 0.3) is 0 Å². The van der Waals surface area contributed by atoms with Gasteiger partial charge < -0.3 is 0 Å². The van der Waals surface area contributed by atoms with Crippen molar-refractivity contribution in [1.29, 1.82) is 0 Å². The van der Waals surface area contributed by atoms with Gasteiger partial charge in [-0.05, 0) is 24.1 Å². The molecule has 17 heavy (non-hydrogen) atoms. The number of alkyl halides is 1. The van der Waals surface area contributed by atoms with Crippen molar-refractivity contribution in [2.24, 2.45) is 0 Å². The topological polar surface area (TPSA) is 63.2 Å². The van der Waals surface area contributed by atoms with Crippen molar-refractivity contribution in [3.63, 3.8) is 0 Å². The molecule has 1 N–H and O–H groups in total. The summed E-state index contributed by atoms with van der Waals surface area (Å²) in [6.07, 6.45) is 1.30. The van der Waals surface area contributed by atoms with Gasteiger partial charge in [-0.3, -0.25) is 9.52 Å². The number of carbonyl (C=O) groups excluding carboxylic acids is 1. The summed E-state index contributed by atoms with van der Waals surface area (Å²) in [5, 5.41) is 0. The molecule has 1 aromatic carbocycles. The van der Waals surface area contributed by atoms with Crippen LogP contribution in [0.3, 0.4) is 0 Å². The minimum absolute atomic E-state index is 0.0390. The predicted octanol–water partition coefficient (Wildman–Crippen LogP) is 1.72. The van der Waals surface area contributed by atoms with E-state index in [1.54, 1.807) is 25.1 Å². The van der Waals surface area contributed by atoms with Crippen LogP contribution in [0.1, 0.15) is 11.1 Å². The standard InChI is InChI=1S/C11H14ClNO3S/c1-8-3-4-9(5-10(14)7-12)6-11(8)13-17(2,15)16/h3-4,6,13H,5,7H2,1-2H3. The maximum atomic E-state index is 11.2. The van der Waals surface area contributed by atoms with Crippen molar-refractivity contribution in [3.8, 4) is 0 Å². The van der Waals surface area contributed by atoms with Gasteiger partial charge in [-0.2, -0.15) is 0 Å². The first-order chi connectivity index (χ1) is 7.81. The highest BCUT2D eigenvalue weighted by atomic mass is 35.5. The third-order valence-corrected chi connectivity index (χ3v) is 3.04. The van der Waals surface area contributed by atoms with E-state index in [1.807, 2.05) is 0 Å². The van der Waals surface area contributed by atoms with Crippen LogP contribution in [0.15, 0.2) is 18.2 Å². The molecule has 0 fully saturated rings. The number of ketones is 1. The van der Waals surface area contributed by atoms with Crippen molar-refractivity contribution in [2.45, 2.75) is 13.3 Å². The van der Waals surface area contributed by atoms with E-state index in [9.17, 15) is 13.2 Å². The number of sulfonamides is 1. The van der Waals surface area contributed by atoms with Gasteiger partial charge in [0.05, 0.1) is 17.8 Å². The van der Waals surface area contributed by atoms with Crippen LogP contribution in [-0.2, 0) is 21.2 Å². The Morgan fingerprint density at radius 3 is 2.59 bits per heavy atom. The van der Waals surface area contributed by atoms with E-state index in [4.69, 9.17) is 11.6 Å². The highest BCUT2D eigenvalue weighted by Gasteiger charge is 2.08. The van der Waals surface area contributed by atoms with E-state index in [-0.39, 0.29) is 18.1 Å². The van der Waals surface area contributed by atoms with Gasteiger partial charge >= 0.3 is 0 Å². The van der Waals surface area contributed by atoms with Gasteiger partial charge in [0.2, 0.25) is 10.0 Å². The van der Waals surface area contributed by atoms with Gasteiger partial charge in [0.15, 0.2) is 5.78 Å². The number of benzene rings is 1. The zero-order chi connectivity index (χ0) is 13.1. The number of carbonyl (C=O) groups is 1. The maximum Gasteiger partial charge on any atom is 0.229 e. The highest BCUT2D eigenvalue weighted by molar-refractivity contribution is 7.92. The summed E-state index contributed by atoms with van der Waals surface area (Å²) in [6, 6.07) is 5.21. The number of halogens is 1. The normalized spacial score (nSPS) is 11.2. The van der Waals surface area contributed by atoms with Gasteiger partial charge in [-0.1, -0.05) is 12.1 Å². The lowest BCUT2D eigenvalue weighted by molar-refractivity contribution is -0.116. The lowest BCUT2D eigenvalue weighted by atomic mass is 10.1. The van der Waals surface area contributed by atoms with Gasteiger partial charge in [0.1, 0.15) is 0 Å². The number of rotatable bonds is 5. The second kappa shape index (κ2) is 5.51. The fourth-order valence-electron chi connectivity index (χ4n) is 1.36. The number of aryl methyl sites for hydroxylation is 1. The van der Waals surface area contributed by atoms with Crippen LogP contribution in [-0.4, -0.2) is 26.3 Å². The molecule has 0 bridgehead atoms. The molecule has 1 aromatic rings. The molecule has 6 heteroatoms. The average molecular weight is 276 g/mol. The van der Waals surface area contributed by atoms with Gasteiger partial charge in [0, 0.05) is 6.42 Å². The summed E-state index contributed by atoms with van der Waals surface area (Å²) in [5.41, 5.74) is 2.04. The van der Waals surface area contributed by atoms with Crippen LogP contribution in [0.4, 0.5) is 5.69 Å². The Kier molecular flexibility index (Phi) is 4.54. The summed E-state index contributed by atoms with van der Waals surface area (Å²) in [5.74, 6) is -0.135. The van der Waals surface area contributed by atoms with E-state index in [0.717, 1.165) is 17.4 Å². The van der Waals surface area contributed by atoms with Gasteiger partial charge in [-0.25, -0.2) is 8.42 Å². The lowest BCUT2D eigenvalue weighted by Crippen LogP contribution is -2.11. The molecule has 4 nitrogen and oxygen atoms in total. The monoisotopic (exact) mass is 275 g/mol. The Hall–Kier alpha value is -1.07. The molecule has 0 unspecified atom stereocenters. The molecular weight excluding hydrogens is 262 g/mol. The van der Waals surface area contributed by atoms with E-state index in [1.165, 1.54) is 0 Å². The Morgan fingerprint density at radius 1 is 1.41 bits per heavy atom. The number of hydrogen-bond donors (Lipinski definition) is 1. The van der Waals surface area contributed by atoms with Gasteiger partial charge in [0.25, 0.3) is 0 Å². The molecule has 0 aliphatic heterocycles. The first-order valence-corrected chi connectivity index (χ1v) is 7.39. The van der Waals surface area contributed by atoms with Gasteiger partial charge in [-0.15, -0.1) is 11.6 Å². The van der Waals surface area contributed by atoms with Crippen molar-refractivity contribution >= 4 is 33.1 Å². The fraction of sp³-hybridized carbons (Fsp3) is 0.364. The number of hydrogen-bond acceptors (Lipinski definition) is 3. The number of Topliss-reactive ketones (excluding diaryl/α,β-unsaturated/α-hetero) is 1. The van der Waals surface area contributed by atoms with Crippen molar-refractivity contribution < 1.29 is 13.2 Å². The summed E-state index contributed by atoms with van der Waals surface area (Å²) >= 11 is 5.42. The molecule has 0 saturated carbocycles. The molecule has 0 aliphatic rings. The molecule has 0 aromatic heterocycles. The smallest absolute Gasteiger partial charge is 0.229 e. The molecule has 0 radical (unpaired) electrons. The first kappa shape index (κ1) is 14.0. The third kappa shape index (κ3) is 4.75. The highest BCUT2D eigenvalue weighted by Crippen LogP contribution is 2.18. The summed E-state index contributed by atoms with van der Waals surface area (Å²) in [6.45, 7) is 1.79. The minimum atomic E-state index is -3.31. The van der Waals surface area contributed by atoms with E-state index < -0.39 is 10.0 Å². The molecule has 0 atom stereocenters. The Morgan fingerprint density at radius 2 is 2.06 bits per heavy atom. The Balaban J connectivity index is 2.98. The Bertz CT molecular complexity index is 526. The molecule has 0 amide bonds. The van der Waals surface area contributed by atoms with Crippen LogP contribution in [0.2, 0.25) is 0 Å². The molecule has 94 valence electrons. The SMILES string of the molecule is Cc1ccc(CC(=O)CCl)cc1NS(C)(=O)=O. The molecule has 0 aliphatic carbocycles. The zero-order valence-electron chi connectivity index (χ0n) is 9.66. The molecule has 0 saturated heterocycles. The number of nitrogens with one attached hydrogen (secondary N) is 1. The molecule has 0 heterocycles. The molecule has 1 rings (SSSR count). The van der Waals surface area contributed by atoms with E-state index in [0.29, 0.717) is 5.69 Å². The predicted molar refractivity (Wildman–Crippen MR) is 69.1 cm³/mol. The number of anilines is 1. The van der Waals surface area contributed by atoms with Crippen molar-refractivity contribution in [1.82, 2.24) is 0 Å². The second-order valence-corrected chi connectivity index (χ2v) is 5.89. The summed E-state index contributed by atoms with van der Waals surface area (Å²) in [4.78, 5) is 11.2. The zero-order valence-corrected chi connectivity index (χ0v) is 11.2. The van der Waals surface area contributed by atoms with Crippen molar-refractivity contribution in [3.05, 3.63) is 29.3 Å². The first-order valence-electron chi connectivity index (χ1n) is 4.97. The van der Waals surface area contributed by atoms with Crippen LogP contribution in [0, 0.1) is 6.92 Å². The van der Waals surface area contributed by atoms with E-state index >= 15 is 0 Å². The Labute approximate surface area is 106 Å². The minimum Gasteiger partial charge on any atom is -0.298 e. The van der Waals surface area contributed by atoms with Crippen LogP contribution < -0.4 is 4.72 Å². The summed E-state index contributed by atoms with van der Waals surface area (Å²) < 4.78 is 24.7. The second-order valence-electron chi connectivity index (χ2n) is 3.87. The van der Waals surface area contributed by atoms with Crippen molar-refractivity contribution in [2.75, 3.05) is 16.9 Å². The maximum absolute atomic E-state index is 11.2. The molecule has 0 spiro atoms.